The quantitative estimate of drug-likeness (QED) is 0.635. The van der Waals surface area contributed by atoms with Crippen molar-refractivity contribution in [1.29, 1.82) is 21.0 Å². The van der Waals surface area contributed by atoms with Crippen molar-refractivity contribution in [2.24, 2.45) is 17.3 Å². The third-order valence-corrected chi connectivity index (χ3v) is 5.81. The maximum Gasteiger partial charge on any atom is 0.218 e. The van der Waals surface area contributed by atoms with Crippen molar-refractivity contribution in [2.75, 3.05) is 13.2 Å². The first-order chi connectivity index (χ1) is 13.1. The van der Waals surface area contributed by atoms with Gasteiger partial charge >= 0.3 is 0 Å². The number of carbonyl (C=O) groups is 1. The van der Waals surface area contributed by atoms with Gasteiger partial charge in [-0.05, 0) is 6.42 Å². The number of ether oxygens (including phenoxy) is 4. The van der Waals surface area contributed by atoms with Crippen LogP contribution < -0.4 is 0 Å². The first kappa shape index (κ1) is 17.6. The van der Waals surface area contributed by atoms with Gasteiger partial charge in [0, 0.05) is 23.8 Å². The lowest BCUT2D eigenvalue weighted by molar-refractivity contribution is -0.163. The number of nitriles is 4. The van der Waals surface area contributed by atoms with Crippen molar-refractivity contribution in [3.05, 3.63) is 11.1 Å². The van der Waals surface area contributed by atoms with E-state index in [0.29, 0.717) is 5.57 Å². The van der Waals surface area contributed by atoms with E-state index in [0.717, 1.165) is 0 Å². The van der Waals surface area contributed by atoms with E-state index in [9.17, 15) is 25.8 Å². The van der Waals surface area contributed by atoms with Crippen molar-refractivity contribution >= 4 is 5.78 Å². The highest BCUT2D eigenvalue weighted by molar-refractivity contribution is 5.83. The number of Topliss-reactive ketones (excluding diaryl/α,β-unsaturated/α-hetero) is 1. The zero-order valence-corrected chi connectivity index (χ0v) is 14.1. The fourth-order valence-corrected chi connectivity index (χ4v) is 4.45. The monoisotopic (exact) mass is 366 g/mol. The topological polar surface area (TPSA) is 149 Å². The Balaban J connectivity index is 1.76. The molecule has 4 bridgehead atoms. The number of nitrogens with zero attached hydrogens (tertiary/aromatic N) is 4. The number of hydrogen-bond donors (Lipinski definition) is 0. The lowest BCUT2D eigenvalue weighted by Gasteiger charge is -2.43. The Hall–Kier alpha value is -2.79. The average Bonchev–Trinajstić information content (AvgIpc) is 3.30. The van der Waals surface area contributed by atoms with Gasteiger partial charge in [-0.25, -0.2) is 0 Å². The van der Waals surface area contributed by atoms with Crippen LogP contribution in [0.5, 0.6) is 0 Å². The molecule has 4 saturated heterocycles. The molecule has 0 aromatic carbocycles. The largest absolute Gasteiger partial charge is 0.346 e. The SMILES string of the molecule is N#CC(C#N)=C1CC(C(C#N)(C#N)C2CC(=O)C3OCC2O3)C2COC1O2. The van der Waals surface area contributed by atoms with E-state index in [1.165, 1.54) is 0 Å². The van der Waals surface area contributed by atoms with E-state index >= 15 is 0 Å². The fraction of sp³-hybridized carbons (Fsp3) is 0.611. The first-order valence-corrected chi connectivity index (χ1v) is 8.50. The van der Waals surface area contributed by atoms with Gasteiger partial charge in [-0.3, -0.25) is 4.79 Å². The van der Waals surface area contributed by atoms with Crippen molar-refractivity contribution < 1.29 is 23.7 Å². The van der Waals surface area contributed by atoms with Crippen molar-refractivity contribution in [3.8, 4) is 24.3 Å². The zero-order chi connectivity index (χ0) is 19.2. The number of fused-ring (bicyclic) bond motifs is 4. The summed E-state index contributed by atoms with van der Waals surface area (Å²) in [5.41, 5.74) is -1.42. The third kappa shape index (κ3) is 2.46. The lowest BCUT2D eigenvalue weighted by Crippen LogP contribution is -2.52. The van der Waals surface area contributed by atoms with E-state index in [2.05, 4.69) is 12.1 Å². The minimum absolute atomic E-state index is 0.00758. The molecule has 0 amide bonds. The highest BCUT2D eigenvalue weighted by Gasteiger charge is 2.61. The molecule has 0 spiro atoms. The molecule has 27 heavy (non-hydrogen) atoms. The predicted molar refractivity (Wildman–Crippen MR) is 82.4 cm³/mol. The second-order valence-electron chi connectivity index (χ2n) is 6.98. The number of carbonyl (C=O) groups excluding carboxylic acids is 1. The summed E-state index contributed by atoms with van der Waals surface area (Å²) in [5, 5.41) is 38.5. The zero-order valence-electron chi connectivity index (χ0n) is 14.1. The van der Waals surface area contributed by atoms with Gasteiger partial charge in [-0.15, -0.1) is 0 Å². The molecular weight excluding hydrogens is 352 g/mol. The normalized spacial score (nSPS) is 37.0. The highest BCUT2D eigenvalue weighted by Crippen LogP contribution is 2.52. The Bertz CT molecular complexity index is 855. The van der Waals surface area contributed by atoms with Crippen LogP contribution >= 0.6 is 0 Å². The van der Waals surface area contributed by atoms with E-state index in [1.807, 2.05) is 12.1 Å². The maximum atomic E-state index is 12.2. The summed E-state index contributed by atoms with van der Waals surface area (Å²) in [4.78, 5) is 12.2. The van der Waals surface area contributed by atoms with Gasteiger partial charge in [0.1, 0.15) is 17.7 Å². The van der Waals surface area contributed by atoms with Gasteiger partial charge in [0.05, 0.1) is 37.6 Å². The molecule has 4 heterocycles. The van der Waals surface area contributed by atoms with Crippen LogP contribution in [0, 0.1) is 62.6 Å². The second-order valence-corrected chi connectivity index (χ2v) is 6.98. The molecule has 0 N–H and O–H groups in total. The molecule has 4 fully saturated rings. The summed E-state index contributed by atoms with van der Waals surface area (Å²) in [5.74, 6) is -1.67. The highest BCUT2D eigenvalue weighted by atomic mass is 16.7. The summed E-state index contributed by atoms with van der Waals surface area (Å²) in [6, 6.07) is 7.87. The summed E-state index contributed by atoms with van der Waals surface area (Å²) in [6.07, 6.45) is -2.72. The summed E-state index contributed by atoms with van der Waals surface area (Å²) in [6.45, 7) is 0.271. The molecule has 0 radical (unpaired) electrons. The average molecular weight is 366 g/mol. The molecule has 9 nitrogen and oxygen atoms in total. The van der Waals surface area contributed by atoms with Crippen LogP contribution in [-0.4, -0.2) is 43.8 Å². The van der Waals surface area contributed by atoms with E-state index in [-0.39, 0.29) is 37.4 Å². The minimum Gasteiger partial charge on any atom is -0.346 e. The molecule has 4 aliphatic heterocycles. The molecule has 6 unspecified atom stereocenters. The Morgan fingerprint density at radius 1 is 0.889 bits per heavy atom. The van der Waals surface area contributed by atoms with Gasteiger partial charge in [-0.2, -0.15) is 21.0 Å². The number of ketones is 1. The van der Waals surface area contributed by atoms with Crippen molar-refractivity contribution in [2.45, 2.75) is 37.6 Å². The Labute approximate surface area is 154 Å². The Morgan fingerprint density at radius 3 is 2.04 bits per heavy atom. The van der Waals surface area contributed by atoms with E-state index < -0.39 is 42.0 Å². The van der Waals surface area contributed by atoms with Crippen LogP contribution in [0.25, 0.3) is 0 Å². The second kappa shape index (κ2) is 6.43. The Kier molecular flexibility index (Phi) is 4.19. The van der Waals surface area contributed by atoms with Crippen LogP contribution in [0.15, 0.2) is 11.1 Å². The van der Waals surface area contributed by atoms with E-state index in [1.54, 1.807) is 0 Å². The molecule has 0 aliphatic carbocycles. The molecule has 0 saturated carbocycles. The molecule has 4 aliphatic rings. The number of hydrogen-bond acceptors (Lipinski definition) is 9. The Morgan fingerprint density at radius 2 is 1.44 bits per heavy atom. The van der Waals surface area contributed by atoms with Crippen molar-refractivity contribution in [3.63, 3.8) is 0 Å². The molecule has 136 valence electrons. The molecular formula is C18H14N4O5. The van der Waals surface area contributed by atoms with Gasteiger partial charge < -0.3 is 18.9 Å². The van der Waals surface area contributed by atoms with Crippen molar-refractivity contribution in [1.82, 2.24) is 0 Å². The lowest BCUT2D eigenvalue weighted by atomic mass is 9.60. The fourth-order valence-electron chi connectivity index (χ4n) is 4.45. The summed E-state index contributed by atoms with van der Waals surface area (Å²) in [7, 11) is 0. The van der Waals surface area contributed by atoms with Crippen LogP contribution in [0.1, 0.15) is 12.8 Å². The number of rotatable bonds is 2. The summed E-state index contributed by atoms with van der Waals surface area (Å²) < 4.78 is 22.2. The van der Waals surface area contributed by atoms with Crippen LogP contribution in [0.2, 0.25) is 0 Å². The molecule has 4 rings (SSSR count). The van der Waals surface area contributed by atoms with Gasteiger partial charge in [0.2, 0.25) is 6.29 Å². The predicted octanol–water partition coefficient (Wildman–Crippen LogP) is 0.456. The van der Waals surface area contributed by atoms with Gasteiger partial charge in [0.25, 0.3) is 0 Å². The smallest absolute Gasteiger partial charge is 0.218 e. The maximum absolute atomic E-state index is 12.2. The van der Waals surface area contributed by atoms with E-state index in [4.69, 9.17) is 18.9 Å². The van der Waals surface area contributed by atoms with Crippen LogP contribution in [0.4, 0.5) is 0 Å². The third-order valence-electron chi connectivity index (χ3n) is 5.81. The standard InChI is InChI=1S/C18H14N4O5/c19-3-9(4-20)10-1-11(14-5-24-16(10)26-14)18(7-21,8-22)12-2-13(23)17-25-6-15(12)27-17/h11-12,14-17H,1-2,5-6H2. The first-order valence-electron chi connectivity index (χ1n) is 8.50. The molecule has 6 atom stereocenters. The molecule has 0 aromatic rings. The summed E-state index contributed by atoms with van der Waals surface area (Å²) >= 11 is 0. The van der Waals surface area contributed by atoms with Gasteiger partial charge in [0.15, 0.2) is 17.5 Å². The van der Waals surface area contributed by atoms with Gasteiger partial charge in [-0.1, -0.05) is 0 Å². The van der Waals surface area contributed by atoms with Crippen LogP contribution in [-0.2, 0) is 23.7 Å². The molecule has 9 heteroatoms. The van der Waals surface area contributed by atoms with Crippen LogP contribution in [0.3, 0.4) is 0 Å². The minimum atomic E-state index is -1.61. The molecule has 0 aromatic heterocycles. The number of allylic oxidation sites excluding steroid dienone is 1.